The van der Waals surface area contributed by atoms with Crippen LogP contribution in [0.1, 0.15) is 38.1 Å². The molecule has 106 valence electrons. The second-order valence-corrected chi connectivity index (χ2v) is 5.57. The number of nitrogens with zero attached hydrogens (tertiary/aromatic N) is 3. The van der Waals surface area contributed by atoms with E-state index in [9.17, 15) is 0 Å². The van der Waals surface area contributed by atoms with E-state index < -0.39 is 0 Å². The van der Waals surface area contributed by atoms with E-state index in [0.29, 0.717) is 12.1 Å². The van der Waals surface area contributed by atoms with Crippen molar-refractivity contribution < 1.29 is 4.74 Å². The number of imidazole rings is 1. The van der Waals surface area contributed by atoms with Crippen molar-refractivity contribution in [3.8, 4) is 0 Å². The molecule has 1 aromatic rings. The lowest BCUT2D eigenvalue weighted by Gasteiger charge is -2.33. The van der Waals surface area contributed by atoms with E-state index in [1.807, 2.05) is 6.20 Å². The van der Waals surface area contributed by atoms with Gasteiger partial charge in [0.15, 0.2) is 0 Å². The first-order valence-corrected chi connectivity index (χ1v) is 7.48. The highest BCUT2D eigenvalue weighted by Gasteiger charge is 2.29. The molecule has 0 unspecified atom stereocenters. The Labute approximate surface area is 114 Å². The minimum atomic E-state index is 0.409. The minimum absolute atomic E-state index is 0.409. The molecule has 3 rings (SSSR count). The molecule has 2 aliphatic rings. The van der Waals surface area contributed by atoms with Gasteiger partial charge in [-0.1, -0.05) is 0 Å². The summed E-state index contributed by atoms with van der Waals surface area (Å²) < 4.78 is 8.19. The number of nitrogens with two attached hydrogens (primary N) is 1. The molecular formula is C14H24N4O. The lowest BCUT2D eigenvalue weighted by atomic mass is 10.1. The molecule has 1 saturated heterocycles. The van der Waals surface area contributed by atoms with Crippen LogP contribution in [0.25, 0.3) is 0 Å². The van der Waals surface area contributed by atoms with Gasteiger partial charge in [0, 0.05) is 38.1 Å². The molecule has 2 N–H and O–H groups in total. The summed E-state index contributed by atoms with van der Waals surface area (Å²) in [5.74, 6) is 1.16. The molecule has 1 aromatic heterocycles. The van der Waals surface area contributed by atoms with Crippen LogP contribution in [-0.2, 0) is 4.74 Å². The number of piperidine rings is 1. The highest BCUT2D eigenvalue weighted by Crippen LogP contribution is 2.38. The zero-order valence-corrected chi connectivity index (χ0v) is 11.5. The molecule has 2 heterocycles. The topological polar surface area (TPSA) is 56.3 Å². The maximum Gasteiger partial charge on any atom is 0.205 e. The summed E-state index contributed by atoms with van der Waals surface area (Å²) >= 11 is 0. The van der Waals surface area contributed by atoms with E-state index in [-0.39, 0.29) is 0 Å². The van der Waals surface area contributed by atoms with Crippen molar-refractivity contribution in [3.05, 3.63) is 12.4 Å². The van der Waals surface area contributed by atoms with Gasteiger partial charge >= 0.3 is 0 Å². The quantitative estimate of drug-likeness (QED) is 0.792. The molecule has 0 bridgehead atoms. The Hall–Kier alpha value is -1.07. The van der Waals surface area contributed by atoms with E-state index >= 15 is 0 Å². The molecule has 5 heteroatoms. The molecular weight excluding hydrogens is 240 g/mol. The maximum atomic E-state index is 5.85. The van der Waals surface area contributed by atoms with E-state index in [2.05, 4.69) is 20.6 Å². The number of ether oxygens (including phenoxy) is 1. The predicted molar refractivity (Wildman–Crippen MR) is 75.4 cm³/mol. The molecule has 0 aromatic carbocycles. The molecule has 0 spiro atoms. The van der Waals surface area contributed by atoms with Gasteiger partial charge in [-0.25, -0.2) is 4.98 Å². The average molecular weight is 264 g/mol. The molecule has 0 radical (unpaired) electrons. The summed E-state index contributed by atoms with van der Waals surface area (Å²) in [7, 11) is 0. The average Bonchev–Trinajstić information content (AvgIpc) is 3.18. The van der Waals surface area contributed by atoms with Gasteiger partial charge in [0.25, 0.3) is 0 Å². The highest BCUT2D eigenvalue weighted by molar-refractivity contribution is 5.33. The second-order valence-electron chi connectivity index (χ2n) is 5.57. The fourth-order valence-corrected chi connectivity index (χ4v) is 2.74. The van der Waals surface area contributed by atoms with Crippen LogP contribution < -0.4 is 10.6 Å². The lowest BCUT2D eigenvalue weighted by molar-refractivity contribution is 0.0364. The lowest BCUT2D eigenvalue weighted by Crippen LogP contribution is -2.38. The largest absolute Gasteiger partial charge is 0.378 e. The summed E-state index contributed by atoms with van der Waals surface area (Å²) in [5.41, 5.74) is 5.48. The van der Waals surface area contributed by atoms with Crippen LogP contribution in [0.4, 0.5) is 5.95 Å². The van der Waals surface area contributed by atoms with Crippen molar-refractivity contribution in [2.24, 2.45) is 5.73 Å². The summed E-state index contributed by atoms with van der Waals surface area (Å²) in [6, 6.07) is 0.705. The van der Waals surface area contributed by atoms with Gasteiger partial charge in [0.2, 0.25) is 5.95 Å². The Morgan fingerprint density at radius 3 is 2.74 bits per heavy atom. The van der Waals surface area contributed by atoms with Crippen molar-refractivity contribution in [3.63, 3.8) is 0 Å². The van der Waals surface area contributed by atoms with Gasteiger partial charge in [-0.3, -0.25) is 0 Å². The third-order valence-corrected chi connectivity index (χ3v) is 4.02. The standard InChI is InChI=1S/C14H24N4O/c15-6-1-11-19-13-4-8-17(9-5-13)14-16-7-10-18(14)12-2-3-12/h7,10,12-13H,1-6,8-9,11,15H2. The Morgan fingerprint density at radius 1 is 1.26 bits per heavy atom. The summed E-state index contributed by atoms with van der Waals surface area (Å²) in [6.45, 7) is 3.63. The Balaban J connectivity index is 1.50. The number of hydrogen-bond acceptors (Lipinski definition) is 4. The molecule has 0 amide bonds. The highest BCUT2D eigenvalue weighted by atomic mass is 16.5. The monoisotopic (exact) mass is 264 g/mol. The second kappa shape index (κ2) is 5.92. The first-order chi connectivity index (χ1) is 9.38. The van der Waals surface area contributed by atoms with Crippen LogP contribution in [0.5, 0.6) is 0 Å². The Bertz CT molecular complexity index is 394. The number of rotatable bonds is 6. The zero-order chi connectivity index (χ0) is 13.1. The predicted octanol–water partition coefficient (Wildman–Crippen LogP) is 1.55. The van der Waals surface area contributed by atoms with Gasteiger partial charge < -0.3 is 19.9 Å². The van der Waals surface area contributed by atoms with Crippen LogP contribution in [0.2, 0.25) is 0 Å². The van der Waals surface area contributed by atoms with Crippen LogP contribution in [0, 0.1) is 0 Å². The van der Waals surface area contributed by atoms with Crippen LogP contribution in [0.3, 0.4) is 0 Å². The van der Waals surface area contributed by atoms with E-state index in [4.69, 9.17) is 10.5 Å². The van der Waals surface area contributed by atoms with Crippen molar-refractivity contribution in [2.45, 2.75) is 44.2 Å². The molecule has 1 saturated carbocycles. The first-order valence-electron chi connectivity index (χ1n) is 7.48. The van der Waals surface area contributed by atoms with Gasteiger partial charge in [0.05, 0.1) is 6.10 Å². The van der Waals surface area contributed by atoms with Gasteiger partial charge in [0.1, 0.15) is 0 Å². The smallest absolute Gasteiger partial charge is 0.205 e. The Morgan fingerprint density at radius 2 is 2.05 bits per heavy atom. The molecule has 5 nitrogen and oxygen atoms in total. The normalized spacial score (nSPS) is 21.0. The Kier molecular flexibility index (Phi) is 4.03. The molecule has 0 atom stereocenters. The van der Waals surface area contributed by atoms with E-state index in [0.717, 1.165) is 51.5 Å². The number of anilines is 1. The van der Waals surface area contributed by atoms with Gasteiger partial charge in [-0.05, 0) is 38.6 Å². The number of aromatic nitrogens is 2. The van der Waals surface area contributed by atoms with Crippen LogP contribution in [-0.4, -0.2) is 41.9 Å². The SMILES string of the molecule is NCCCOC1CCN(c2nccn2C2CC2)CC1. The summed E-state index contributed by atoms with van der Waals surface area (Å²) in [5, 5.41) is 0. The molecule has 1 aliphatic carbocycles. The maximum absolute atomic E-state index is 5.85. The number of hydrogen-bond donors (Lipinski definition) is 1. The third-order valence-electron chi connectivity index (χ3n) is 4.02. The molecule has 1 aliphatic heterocycles. The summed E-state index contributed by atoms with van der Waals surface area (Å²) in [6.07, 6.45) is 10.2. The van der Waals surface area contributed by atoms with Crippen molar-refractivity contribution in [2.75, 3.05) is 31.1 Å². The van der Waals surface area contributed by atoms with Crippen LogP contribution in [0.15, 0.2) is 12.4 Å². The zero-order valence-electron chi connectivity index (χ0n) is 11.5. The van der Waals surface area contributed by atoms with Gasteiger partial charge in [-0.15, -0.1) is 0 Å². The van der Waals surface area contributed by atoms with Crippen LogP contribution >= 0.6 is 0 Å². The van der Waals surface area contributed by atoms with E-state index in [1.165, 1.54) is 12.8 Å². The minimum Gasteiger partial charge on any atom is -0.378 e. The molecule has 19 heavy (non-hydrogen) atoms. The first kappa shape index (κ1) is 12.9. The van der Waals surface area contributed by atoms with E-state index in [1.54, 1.807) is 0 Å². The van der Waals surface area contributed by atoms with Crippen molar-refractivity contribution >= 4 is 5.95 Å². The van der Waals surface area contributed by atoms with Crippen molar-refractivity contribution in [1.29, 1.82) is 0 Å². The third kappa shape index (κ3) is 3.09. The summed E-state index contributed by atoms with van der Waals surface area (Å²) in [4.78, 5) is 6.94. The fraction of sp³-hybridized carbons (Fsp3) is 0.786. The van der Waals surface area contributed by atoms with Crippen molar-refractivity contribution in [1.82, 2.24) is 9.55 Å². The molecule has 2 fully saturated rings. The fourth-order valence-electron chi connectivity index (χ4n) is 2.74. The van der Waals surface area contributed by atoms with Gasteiger partial charge in [-0.2, -0.15) is 0 Å².